The molecule has 2 aromatic heterocycles. The highest BCUT2D eigenvalue weighted by atomic mass is 32.2. The Bertz CT molecular complexity index is 1010. The Balaban J connectivity index is 1.47. The van der Waals surface area contributed by atoms with Crippen molar-refractivity contribution in [3.63, 3.8) is 0 Å². The van der Waals surface area contributed by atoms with Crippen molar-refractivity contribution in [2.45, 2.75) is 37.7 Å². The summed E-state index contributed by atoms with van der Waals surface area (Å²) in [5.41, 5.74) is 2.13. The summed E-state index contributed by atoms with van der Waals surface area (Å²) in [4.78, 5) is 3.47. The maximum atomic E-state index is 12.9. The fourth-order valence-corrected chi connectivity index (χ4v) is 5.38. The van der Waals surface area contributed by atoms with Crippen LogP contribution in [0.1, 0.15) is 24.2 Å². The molecule has 0 spiro atoms. The third-order valence-corrected chi connectivity index (χ3v) is 7.07. The first-order chi connectivity index (χ1) is 12.5. The van der Waals surface area contributed by atoms with Gasteiger partial charge in [0.2, 0.25) is 10.0 Å². The third kappa shape index (κ3) is 2.89. The molecule has 1 saturated heterocycles. The van der Waals surface area contributed by atoms with Crippen LogP contribution in [0.25, 0.3) is 10.9 Å². The summed E-state index contributed by atoms with van der Waals surface area (Å²) in [6.07, 6.45) is 3.22. The zero-order valence-corrected chi connectivity index (χ0v) is 15.6. The summed E-state index contributed by atoms with van der Waals surface area (Å²) in [6, 6.07) is 7.91. The lowest BCUT2D eigenvalue weighted by molar-refractivity contribution is 0.137. The molecule has 0 amide bonds. The highest BCUT2D eigenvalue weighted by Gasteiger charge is 2.33. The summed E-state index contributed by atoms with van der Waals surface area (Å²) in [6.45, 7) is 4.34. The molecular weight excluding hydrogens is 352 g/mol. The number of hydrogen-bond acceptors (Lipinski definition) is 4. The van der Waals surface area contributed by atoms with Crippen molar-refractivity contribution < 1.29 is 13.2 Å². The number of piperidine rings is 1. The number of aromatic amines is 2. The lowest BCUT2D eigenvalue weighted by Gasteiger charge is -2.31. The van der Waals surface area contributed by atoms with E-state index in [1.54, 1.807) is 13.8 Å². The second-order valence-corrected chi connectivity index (χ2v) is 8.55. The average Bonchev–Trinajstić information content (AvgIpc) is 3.22. The van der Waals surface area contributed by atoms with Crippen molar-refractivity contribution in [3.05, 3.63) is 41.9 Å². The minimum absolute atomic E-state index is 0.00786. The van der Waals surface area contributed by atoms with Crippen LogP contribution in [0.5, 0.6) is 5.75 Å². The van der Waals surface area contributed by atoms with Crippen LogP contribution in [0.2, 0.25) is 0 Å². The Hall–Kier alpha value is -2.32. The largest absolute Gasteiger partial charge is 0.490 e. The molecule has 3 aromatic rings. The van der Waals surface area contributed by atoms with Crippen LogP contribution in [-0.4, -0.2) is 47.1 Å². The maximum Gasteiger partial charge on any atom is 0.246 e. The first-order valence-electron chi connectivity index (χ1n) is 8.71. The number of benzene rings is 1. The first-order valence-corrected chi connectivity index (χ1v) is 10.2. The van der Waals surface area contributed by atoms with Gasteiger partial charge in [0, 0.05) is 30.2 Å². The summed E-state index contributed by atoms with van der Waals surface area (Å²) in [5, 5.41) is 7.82. The molecule has 0 radical (unpaired) electrons. The number of nitrogens with one attached hydrogen (secondary N) is 2. The minimum Gasteiger partial charge on any atom is -0.490 e. The van der Waals surface area contributed by atoms with E-state index in [-0.39, 0.29) is 6.10 Å². The Labute approximate surface area is 152 Å². The van der Waals surface area contributed by atoms with Gasteiger partial charge in [-0.05, 0) is 44.9 Å². The van der Waals surface area contributed by atoms with E-state index in [2.05, 4.69) is 15.2 Å². The van der Waals surface area contributed by atoms with Crippen molar-refractivity contribution in [2.75, 3.05) is 13.1 Å². The van der Waals surface area contributed by atoms with Gasteiger partial charge in [0.05, 0.1) is 11.4 Å². The fourth-order valence-electron chi connectivity index (χ4n) is 3.58. The number of nitrogens with zero attached hydrogens (tertiary/aromatic N) is 2. The van der Waals surface area contributed by atoms with Crippen LogP contribution in [0.3, 0.4) is 0 Å². The number of ether oxygens (including phenoxy) is 1. The van der Waals surface area contributed by atoms with Crippen LogP contribution in [-0.2, 0) is 10.0 Å². The molecule has 4 rings (SSSR count). The quantitative estimate of drug-likeness (QED) is 0.735. The Morgan fingerprint density at radius 2 is 1.96 bits per heavy atom. The Morgan fingerprint density at radius 3 is 2.65 bits per heavy atom. The monoisotopic (exact) mass is 374 g/mol. The lowest BCUT2D eigenvalue weighted by atomic mass is 10.1. The molecular formula is C18H22N4O3S. The van der Waals surface area contributed by atoms with Crippen molar-refractivity contribution in [3.8, 4) is 5.75 Å². The summed E-state index contributed by atoms with van der Waals surface area (Å²) >= 11 is 0. The van der Waals surface area contributed by atoms with Crippen LogP contribution < -0.4 is 4.74 Å². The molecule has 0 unspecified atom stereocenters. The summed E-state index contributed by atoms with van der Waals surface area (Å²) < 4.78 is 33.5. The lowest BCUT2D eigenvalue weighted by Crippen LogP contribution is -2.42. The SMILES string of the molecule is Cc1n[nH]c(C)c1S(=O)(=O)N1CCC(Oc2cccc3[nH]ccc23)CC1. The van der Waals surface area contributed by atoms with E-state index >= 15 is 0 Å². The molecule has 7 nitrogen and oxygen atoms in total. The van der Waals surface area contributed by atoms with Crippen LogP contribution in [0.4, 0.5) is 0 Å². The van der Waals surface area contributed by atoms with Crippen molar-refractivity contribution in [1.82, 2.24) is 19.5 Å². The van der Waals surface area contributed by atoms with Gasteiger partial charge in [-0.25, -0.2) is 8.42 Å². The molecule has 0 bridgehead atoms. The number of rotatable bonds is 4. The van der Waals surface area contributed by atoms with E-state index in [9.17, 15) is 8.42 Å². The second-order valence-electron chi connectivity index (χ2n) is 6.68. The molecule has 8 heteroatoms. The third-order valence-electron chi connectivity index (χ3n) is 4.91. The molecule has 1 aliphatic rings. The molecule has 0 saturated carbocycles. The smallest absolute Gasteiger partial charge is 0.246 e. The van der Waals surface area contributed by atoms with Crippen molar-refractivity contribution in [1.29, 1.82) is 0 Å². The van der Waals surface area contributed by atoms with E-state index in [1.165, 1.54) is 4.31 Å². The number of sulfonamides is 1. The van der Waals surface area contributed by atoms with Gasteiger partial charge in [0.25, 0.3) is 0 Å². The Kier molecular flexibility index (Phi) is 4.24. The number of aryl methyl sites for hydroxylation is 2. The van der Waals surface area contributed by atoms with Crippen LogP contribution >= 0.6 is 0 Å². The summed E-state index contributed by atoms with van der Waals surface area (Å²) in [7, 11) is -3.52. The predicted octanol–water partition coefficient (Wildman–Crippen LogP) is 2.74. The van der Waals surface area contributed by atoms with Gasteiger partial charge in [-0.2, -0.15) is 9.40 Å². The highest BCUT2D eigenvalue weighted by molar-refractivity contribution is 7.89. The van der Waals surface area contributed by atoms with Gasteiger partial charge in [0.1, 0.15) is 16.7 Å². The number of H-pyrrole nitrogens is 2. The summed E-state index contributed by atoms with van der Waals surface area (Å²) in [5.74, 6) is 0.839. The zero-order chi connectivity index (χ0) is 18.3. The fraction of sp³-hybridized carbons (Fsp3) is 0.389. The van der Waals surface area contributed by atoms with E-state index < -0.39 is 10.0 Å². The Morgan fingerprint density at radius 1 is 1.19 bits per heavy atom. The van der Waals surface area contributed by atoms with Crippen molar-refractivity contribution >= 4 is 20.9 Å². The second kappa shape index (κ2) is 6.44. The molecule has 1 fully saturated rings. The van der Waals surface area contributed by atoms with Gasteiger partial charge in [-0.3, -0.25) is 5.10 Å². The molecule has 3 heterocycles. The topological polar surface area (TPSA) is 91.1 Å². The molecule has 0 aliphatic carbocycles. The van der Waals surface area contributed by atoms with E-state index in [4.69, 9.17) is 4.74 Å². The van der Waals surface area contributed by atoms with Crippen LogP contribution in [0, 0.1) is 13.8 Å². The molecule has 1 aromatic carbocycles. The maximum absolute atomic E-state index is 12.9. The molecule has 2 N–H and O–H groups in total. The zero-order valence-electron chi connectivity index (χ0n) is 14.8. The average molecular weight is 374 g/mol. The normalized spacial score (nSPS) is 17.0. The van der Waals surface area contributed by atoms with E-state index in [0.717, 1.165) is 16.7 Å². The van der Waals surface area contributed by atoms with Crippen LogP contribution in [0.15, 0.2) is 35.4 Å². The molecule has 1 aliphatic heterocycles. The number of fused-ring (bicyclic) bond motifs is 1. The first kappa shape index (κ1) is 17.1. The van der Waals surface area contributed by atoms with Gasteiger partial charge >= 0.3 is 0 Å². The van der Waals surface area contributed by atoms with Gasteiger partial charge in [-0.15, -0.1) is 0 Å². The molecule has 0 atom stereocenters. The van der Waals surface area contributed by atoms with Gasteiger partial charge in [-0.1, -0.05) is 6.07 Å². The minimum atomic E-state index is -3.52. The van der Waals surface area contributed by atoms with E-state index in [0.29, 0.717) is 42.2 Å². The number of hydrogen-bond donors (Lipinski definition) is 2. The highest BCUT2D eigenvalue weighted by Crippen LogP contribution is 2.29. The van der Waals surface area contributed by atoms with Crippen molar-refractivity contribution in [2.24, 2.45) is 0 Å². The molecule has 26 heavy (non-hydrogen) atoms. The van der Waals surface area contributed by atoms with E-state index in [1.807, 2.05) is 30.5 Å². The van der Waals surface area contributed by atoms with Gasteiger partial charge < -0.3 is 9.72 Å². The molecule has 138 valence electrons. The predicted molar refractivity (Wildman–Crippen MR) is 98.8 cm³/mol. The number of aromatic nitrogens is 3. The standard InChI is InChI=1S/C18H22N4O3S/c1-12-18(13(2)21-20-12)26(23,24)22-10-7-14(8-11-22)25-17-5-3-4-16-15(17)6-9-19-16/h3-6,9,14,19H,7-8,10-11H2,1-2H3,(H,20,21). The van der Waals surface area contributed by atoms with Gasteiger partial charge in [0.15, 0.2) is 0 Å².